The highest BCUT2D eigenvalue weighted by Crippen LogP contribution is 2.29. The van der Waals surface area contributed by atoms with Crippen molar-refractivity contribution in [2.75, 3.05) is 11.9 Å². The number of amides is 1. The second-order valence-corrected chi connectivity index (χ2v) is 7.24. The quantitative estimate of drug-likeness (QED) is 0.742. The number of hydrogen-bond acceptors (Lipinski definition) is 5. The number of nitrogens with one attached hydrogen (secondary N) is 1. The Morgan fingerprint density at radius 2 is 2.07 bits per heavy atom. The smallest absolute Gasteiger partial charge is 0.228 e. The fraction of sp³-hybridized carbons (Fsp3) is 0.400. The van der Waals surface area contributed by atoms with Gasteiger partial charge in [0.1, 0.15) is 5.82 Å². The minimum Gasteiger partial charge on any atom is -0.396 e. The maximum absolute atomic E-state index is 12.6. The van der Waals surface area contributed by atoms with Crippen LogP contribution in [0.3, 0.4) is 0 Å². The first kappa shape index (κ1) is 17.6. The molecule has 7 nitrogen and oxygen atoms in total. The molecule has 1 aliphatic rings. The van der Waals surface area contributed by atoms with Gasteiger partial charge in [0.15, 0.2) is 0 Å². The molecule has 0 spiro atoms. The van der Waals surface area contributed by atoms with E-state index in [1.54, 1.807) is 18.7 Å². The Balaban J connectivity index is 1.52. The van der Waals surface area contributed by atoms with Crippen LogP contribution in [-0.4, -0.2) is 37.1 Å². The summed E-state index contributed by atoms with van der Waals surface area (Å²) in [6, 6.07) is 5.73. The van der Waals surface area contributed by atoms with Gasteiger partial charge in [0.05, 0.1) is 29.4 Å². The molecule has 1 amide bonds. The molecule has 140 valence electrons. The number of anilines is 1. The molecule has 0 unspecified atom stereocenters. The Labute approximate surface area is 157 Å². The van der Waals surface area contributed by atoms with Gasteiger partial charge in [0.25, 0.3) is 0 Å². The van der Waals surface area contributed by atoms with Crippen molar-refractivity contribution in [2.24, 2.45) is 18.9 Å². The Bertz CT molecular complexity index is 960. The van der Waals surface area contributed by atoms with Crippen LogP contribution in [0.5, 0.6) is 0 Å². The van der Waals surface area contributed by atoms with Gasteiger partial charge >= 0.3 is 0 Å². The number of aliphatic hydroxyl groups is 1. The zero-order chi connectivity index (χ0) is 18.8. The fourth-order valence-electron chi connectivity index (χ4n) is 3.67. The molecule has 27 heavy (non-hydrogen) atoms. The zero-order valence-corrected chi connectivity index (χ0v) is 15.3. The first-order valence-electron chi connectivity index (χ1n) is 9.29. The normalized spacial score (nSPS) is 19.9. The number of carbonyl (C=O) groups excluding carboxylic acids is 1. The van der Waals surface area contributed by atoms with Crippen LogP contribution < -0.4 is 5.32 Å². The molecule has 2 N–H and O–H groups in total. The predicted molar refractivity (Wildman–Crippen MR) is 103 cm³/mol. The van der Waals surface area contributed by atoms with Crippen LogP contribution in [0.15, 0.2) is 36.9 Å². The highest BCUT2D eigenvalue weighted by atomic mass is 16.3. The van der Waals surface area contributed by atoms with Crippen molar-refractivity contribution in [3.05, 3.63) is 36.9 Å². The van der Waals surface area contributed by atoms with Crippen molar-refractivity contribution < 1.29 is 9.90 Å². The number of aliphatic hydroxyl groups excluding tert-OH is 1. The zero-order valence-electron chi connectivity index (χ0n) is 15.3. The number of rotatable bonds is 4. The molecule has 3 heterocycles. The van der Waals surface area contributed by atoms with Crippen LogP contribution in [0.1, 0.15) is 25.7 Å². The molecular formula is C20H23N5O2. The standard InChI is InChI=1S/C20H23N5O2/c1-25-12-21-10-18(25)16-7-6-15-9-22-19(8-17(15)23-16)24-20(27)14-4-2-13(11-26)3-5-14/h6-10,12-14,26H,2-5,11H2,1H3,(H,22,24,27)/t13-,14-. The molecule has 0 radical (unpaired) electrons. The van der Waals surface area contributed by atoms with Crippen LogP contribution in [0.4, 0.5) is 5.82 Å². The summed E-state index contributed by atoms with van der Waals surface area (Å²) >= 11 is 0. The third kappa shape index (κ3) is 3.68. The Morgan fingerprint density at radius 3 is 2.78 bits per heavy atom. The predicted octanol–water partition coefficient (Wildman–Crippen LogP) is 2.77. The number of hydrogen-bond donors (Lipinski definition) is 2. The van der Waals surface area contributed by atoms with E-state index in [4.69, 9.17) is 4.98 Å². The Hall–Kier alpha value is -2.80. The number of aromatic nitrogens is 4. The second-order valence-electron chi connectivity index (χ2n) is 7.24. The van der Waals surface area contributed by atoms with Crippen LogP contribution in [0.2, 0.25) is 0 Å². The molecule has 1 saturated carbocycles. The van der Waals surface area contributed by atoms with Gasteiger partial charge in [-0.3, -0.25) is 4.79 Å². The summed E-state index contributed by atoms with van der Waals surface area (Å²) in [4.78, 5) is 25.7. The molecule has 4 rings (SSSR count). The first-order chi connectivity index (χ1) is 13.1. The molecule has 0 bridgehead atoms. The van der Waals surface area contributed by atoms with Gasteiger partial charge < -0.3 is 15.0 Å². The molecule has 0 saturated heterocycles. The molecule has 1 aliphatic carbocycles. The summed E-state index contributed by atoms with van der Waals surface area (Å²) in [6.45, 7) is 0.214. The van der Waals surface area contributed by atoms with E-state index >= 15 is 0 Å². The van der Waals surface area contributed by atoms with Gasteiger partial charge in [-0.25, -0.2) is 15.0 Å². The molecule has 1 fully saturated rings. The summed E-state index contributed by atoms with van der Waals surface area (Å²) in [6.07, 6.45) is 8.67. The minimum absolute atomic E-state index is 0.000953. The lowest BCUT2D eigenvalue weighted by Gasteiger charge is -2.26. The van der Waals surface area contributed by atoms with E-state index in [-0.39, 0.29) is 18.4 Å². The van der Waals surface area contributed by atoms with E-state index < -0.39 is 0 Å². The third-order valence-corrected chi connectivity index (χ3v) is 5.38. The van der Waals surface area contributed by atoms with Gasteiger partial charge in [-0.1, -0.05) is 0 Å². The van der Waals surface area contributed by atoms with Crippen molar-refractivity contribution in [1.82, 2.24) is 19.5 Å². The summed E-state index contributed by atoms with van der Waals surface area (Å²) in [5, 5.41) is 13.1. The fourth-order valence-corrected chi connectivity index (χ4v) is 3.67. The van der Waals surface area contributed by atoms with Crippen molar-refractivity contribution in [3.63, 3.8) is 0 Å². The Morgan fingerprint density at radius 1 is 1.26 bits per heavy atom. The van der Waals surface area contributed by atoms with E-state index in [1.807, 2.05) is 29.8 Å². The van der Waals surface area contributed by atoms with E-state index in [9.17, 15) is 9.90 Å². The van der Waals surface area contributed by atoms with Crippen molar-refractivity contribution in [3.8, 4) is 11.4 Å². The lowest BCUT2D eigenvalue weighted by atomic mass is 9.82. The van der Waals surface area contributed by atoms with Crippen LogP contribution in [-0.2, 0) is 11.8 Å². The lowest BCUT2D eigenvalue weighted by Crippen LogP contribution is -2.28. The first-order valence-corrected chi connectivity index (χ1v) is 9.29. The van der Waals surface area contributed by atoms with E-state index in [2.05, 4.69) is 15.3 Å². The van der Waals surface area contributed by atoms with Gasteiger partial charge in [-0.15, -0.1) is 0 Å². The van der Waals surface area contributed by atoms with Crippen molar-refractivity contribution in [1.29, 1.82) is 0 Å². The molecule has 0 aromatic carbocycles. The maximum Gasteiger partial charge on any atom is 0.228 e. The van der Waals surface area contributed by atoms with E-state index in [1.165, 1.54) is 0 Å². The maximum atomic E-state index is 12.6. The van der Waals surface area contributed by atoms with E-state index in [0.29, 0.717) is 11.7 Å². The SMILES string of the molecule is Cn1cncc1-c1ccc2cnc(NC(=O)[C@H]3CC[C@H](CO)CC3)cc2n1. The van der Waals surface area contributed by atoms with Crippen LogP contribution in [0, 0.1) is 11.8 Å². The number of imidazole rings is 1. The van der Waals surface area contributed by atoms with Gasteiger partial charge in [-0.05, 0) is 43.7 Å². The third-order valence-electron chi connectivity index (χ3n) is 5.38. The minimum atomic E-state index is -0.0148. The average molecular weight is 365 g/mol. The largest absolute Gasteiger partial charge is 0.396 e. The van der Waals surface area contributed by atoms with Gasteiger partial charge in [-0.2, -0.15) is 0 Å². The van der Waals surface area contributed by atoms with Crippen LogP contribution >= 0.6 is 0 Å². The molecule has 3 aromatic heterocycles. The molecule has 0 atom stereocenters. The topological polar surface area (TPSA) is 92.9 Å². The molecule has 0 aliphatic heterocycles. The summed E-state index contributed by atoms with van der Waals surface area (Å²) in [5.74, 6) is 0.842. The number of nitrogens with zero attached hydrogens (tertiary/aromatic N) is 4. The number of pyridine rings is 2. The monoisotopic (exact) mass is 365 g/mol. The molecular weight excluding hydrogens is 342 g/mol. The average Bonchev–Trinajstić information content (AvgIpc) is 3.13. The molecule has 3 aromatic rings. The summed E-state index contributed by atoms with van der Waals surface area (Å²) in [5.41, 5.74) is 2.54. The summed E-state index contributed by atoms with van der Waals surface area (Å²) in [7, 11) is 1.93. The number of aryl methyl sites for hydroxylation is 1. The van der Waals surface area contributed by atoms with Crippen molar-refractivity contribution >= 4 is 22.6 Å². The van der Waals surface area contributed by atoms with Gasteiger partial charge in [0, 0.05) is 37.2 Å². The highest BCUT2D eigenvalue weighted by molar-refractivity contribution is 5.93. The summed E-state index contributed by atoms with van der Waals surface area (Å²) < 4.78 is 1.92. The van der Waals surface area contributed by atoms with E-state index in [0.717, 1.165) is 48.0 Å². The lowest BCUT2D eigenvalue weighted by molar-refractivity contribution is -0.121. The van der Waals surface area contributed by atoms with Crippen LogP contribution in [0.25, 0.3) is 22.3 Å². The highest BCUT2D eigenvalue weighted by Gasteiger charge is 2.26. The van der Waals surface area contributed by atoms with Gasteiger partial charge in [0.2, 0.25) is 5.91 Å². The molecule has 7 heteroatoms. The Kier molecular flexibility index (Phi) is 4.85. The number of fused-ring (bicyclic) bond motifs is 1. The van der Waals surface area contributed by atoms with Crippen molar-refractivity contribution in [2.45, 2.75) is 25.7 Å². The number of carbonyl (C=O) groups is 1. The second kappa shape index (κ2) is 7.44.